The van der Waals surface area contributed by atoms with Crippen molar-refractivity contribution in [1.82, 2.24) is 9.97 Å². The second kappa shape index (κ2) is 4.96. The lowest BCUT2D eigenvalue weighted by Gasteiger charge is -2.05. The highest BCUT2D eigenvalue weighted by molar-refractivity contribution is 14.1. The molecule has 88 valence electrons. The Labute approximate surface area is 116 Å². The third kappa shape index (κ3) is 3.13. The van der Waals surface area contributed by atoms with Gasteiger partial charge in [0.2, 0.25) is 0 Å². The maximum absolute atomic E-state index is 5.90. The van der Waals surface area contributed by atoms with E-state index in [2.05, 4.69) is 32.6 Å². The van der Waals surface area contributed by atoms with Crippen LogP contribution >= 0.6 is 34.4 Å². The van der Waals surface area contributed by atoms with Crippen molar-refractivity contribution in [3.8, 4) is 0 Å². The SMILES string of the molecule is Nc1cc(N)nc(Sc2ccc(I)cc2N)n1. The van der Waals surface area contributed by atoms with Gasteiger partial charge in [0.1, 0.15) is 11.6 Å². The summed E-state index contributed by atoms with van der Waals surface area (Å²) in [6.45, 7) is 0. The molecular formula is C10H10IN5S. The normalized spacial score (nSPS) is 10.4. The van der Waals surface area contributed by atoms with Gasteiger partial charge in [0.15, 0.2) is 5.16 Å². The Morgan fingerprint density at radius 1 is 1.00 bits per heavy atom. The summed E-state index contributed by atoms with van der Waals surface area (Å²) >= 11 is 3.54. The van der Waals surface area contributed by atoms with Crippen LogP contribution < -0.4 is 17.2 Å². The average Bonchev–Trinajstić information content (AvgIpc) is 2.21. The third-order valence-electron chi connectivity index (χ3n) is 1.92. The zero-order chi connectivity index (χ0) is 12.4. The molecule has 0 bridgehead atoms. The highest BCUT2D eigenvalue weighted by Crippen LogP contribution is 2.31. The highest BCUT2D eigenvalue weighted by Gasteiger charge is 2.06. The molecule has 0 saturated heterocycles. The monoisotopic (exact) mass is 359 g/mol. The minimum absolute atomic E-state index is 0.351. The zero-order valence-corrected chi connectivity index (χ0v) is 11.7. The molecule has 0 fully saturated rings. The molecule has 0 aliphatic heterocycles. The van der Waals surface area contributed by atoms with Crippen molar-refractivity contribution < 1.29 is 0 Å². The van der Waals surface area contributed by atoms with E-state index in [1.165, 1.54) is 17.8 Å². The molecule has 0 atom stereocenters. The number of nitrogens with zero attached hydrogens (tertiary/aromatic N) is 2. The number of anilines is 3. The Hall–Kier alpha value is -1.22. The first-order chi connectivity index (χ1) is 8.04. The molecule has 2 aromatic rings. The van der Waals surface area contributed by atoms with Crippen molar-refractivity contribution in [2.45, 2.75) is 10.1 Å². The van der Waals surface area contributed by atoms with Crippen LogP contribution in [0.4, 0.5) is 17.3 Å². The maximum atomic E-state index is 5.90. The quantitative estimate of drug-likeness (QED) is 0.430. The van der Waals surface area contributed by atoms with Gasteiger partial charge in [-0.1, -0.05) is 0 Å². The highest BCUT2D eigenvalue weighted by atomic mass is 127. The van der Waals surface area contributed by atoms with E-state index in [4.69, 9.17) is 17.2 Å². The van der Waals surface area contributed by atoms with E-state index in [0.717, 1.165) is 8.47 Å². The fourth-order valence-corrected chi connectivity index (χ4v) is 2.55. The zero-order valence-electron chi connectivity index (χ0n) is 8.72. The molecular weight excluding hydrogens is 349 g/mol. The standard InChI is InChI=1S/C10H10IN5S/c11-5-1-2-7(6(12)3-5)17-10-15-8(13)4-9(14)16-10/h1-4H,12H2,(H4,13,14,15,16). The van der Waals surface area contributed by atoms with E-state index in [1.807, 2.05) is 18.2 Å². The largest absolute Gasteiger partial charge is 0.398 e. The van der Waals surface area contributed by atoms with Gasteiger partial charge in [0, 0.05) is 20.2 Å². The second-order valence-corrected chi connectivity index (χ2v) is 5.54. The van der Waals surface area contributed by atoms with Crippen LogP contribution in [0, 0.1) is 3.57 Å². The molecule has 0 spiro atoms. The van der Waals surface area contributed by atoms with Crippen LogP contribution in [0.2, 0.25) is 0 Å². The Balaban J connectivity index is 2.31. The van der Waals surface area contributed by atoms with E-state index in [9.17, 15) is 0 Å². The second-order valence-electron chi connectivity index (χ2n) is 3.28. The number of rotatable bonds is 2. The number of hydrogen-bond donors (Lipinski definition) is 3. The number of nitrogens with two attached hydrogens (primary N) is 3. The van der Waals surface area contributed by atoms with E-state index >= 15 is 0 Å². The molecule has 0 radical (unpaired) electrons. The number of benzene rings is 1. The summed E-state index contributed by atoms with van der Waals surface area (Å²) in [6, 6.07) is 7.29. The summed E-state index contributed by atoms with van der Waals surface area (Å²) in [6.07, 6.45) is 0. The van der Waals surface area contributed by atoms with Gasteiger partial charge in [-0.3, -0.25) is 0 Å². The summed E-state index contributed by atoms with van der Waals surface area (Å²) in [7, 11) is 0. The average molecular weight is 359 g/mol. The van der Waals surface area contributed by atoms with Crippen LogP contribution in [0.1, 0.15) is 0 Å². The molecule has 0 aliphatic rings. The summed E-state index contributed by atoms with van der Waals surface area (Å²) in [5.41, 5.74) is 17.8. The molecule has 7 heteroatoms. The van der Waals surface area contributed by atoms with Gasteiger partial charge in [0.25, 0.3) is 0 Å². The Bertz CT molecular complexity index is 540. The van der Waals surface area contributed by atoms with E-state index in [1.54, 1.807) is 0 Å². The first kappa shape index (κ1) is 12.2. The van der Waals surface area contributed by atoms with Crippen molar-refractivity contribution in [3.63, 3.8) is 0 Å². The van der Waals surface area contributed by atoms with Crippen LogP contribution in [0.3, 0.4) is 0 Å². The molecule has 0 saturated carbocycles. The molecule has 0 aliphatic carbocycles. The van der Waals surface area contributed by atoms with E-state index < -0.39 is 0 Å². The smallest absolute Gasteiger partial charge is 0.196 e. The Kier molecular flexibility index (Phi) is 3.57. The third-order valence-corrected chi connectivity index (χ3v) is 3.55. The van der Waals surface area contributed by atoms with E-state index in [0.29, 0.717) is 22.5 Å². The molecule has 0 unspecified atom stereocenters. The lowest BCUT2D eigenvalue weighted by molar-refractivity contribution is 0.985. The molecule has 1 aromatic carbocycles. The lowest BCUT2D eigenvalue weighted by Crippen LogP contribution is -1.99. The van der Waals surface area contributed by atoms with Gasteiger partial charge in [-0.2, -0.15) is 0 Å². The molecule has 1 aromatic heterocycles. The number of halogens is 1. The molecule has 5 nitrogen and oxygen atoms in total. The van der Waals surface area contributed by atoms with Gasteiger partial charge in [0.05, 0.1) is 0 Å². The minimum Gasteiger partial charge on any atom is -0.398 e. The van der Waals surface area contributed by atoms with E-state index in [-0.39, 0.29) is 0 Å². The van der Waals surface area contributed by atoms with Crippen molar-refractivity contribution in [3.05, 3.63) is 27.8 Å². The van der Waals surface area contributed by atoms with Crippen molar-refractivity contribution in [1.29, 1.82) is 0 Å². The summed E-state index contributed by atoms with van der Waals surface area (Å²) in [4.78, 5) is 9.05. The Morgan fingerprint density at radius 3 is 2.24 bits per heavy atom. The summed E-state index contributed by atoms with van der Waals surface area (Å²) in [5, 5.41) is 0.496. The Morgan fingerprint density at radius 2 is 1.65 bits per heavy atom. The van der Waals surface area contributed by atoms with Gasteiger partial charge < -0.3 is 17.2 Å². The van der Waals surface area contributed by atoms with Crippen molar-refractivity contribution in [2.24, 2.45) is 0 Å². The molecule has 0 amide bonds. The van der Waals surface area contributed by atoms with Crippen LogP contribution in [0.5, 0.6) is 0 Å². The van der Waals surface area contributed by atoms with Gasteiger partial charge in [-0.25, -0.2) is 9.97 Å². The van der Waals surface area contributed by atoms with Crippen LogP contribution in [-0.4, -0.2) is 9.97 Å². The number of hydrogen-bond acceptors (Lipinski definition) is 6. The van der Waals surface area contributed by atoms with Crippen LogP contribution in [0.25, 0.3) is 0 Å². The predicted octanol–water partition coefficient (Wildman–Crippen LogP) is 1.98. The fraction of sp³-hybridized carbons (Fsp3) is 0. The first-order valence-electron chi connectivity index (χ1n) is 4.67. The van der Waals surface area contributed by atoms with Crippen LogP contribution in [-0.2, 0) is 0 Å². The lowest BCUT2D eigenvalue weighted by atomic mass is 10.3. The maximum Gasteiger partial charge on any atom is 0.196 e. The first-order valence-corrected chi connectivity index (χ1v) is 6.57. The molecule has 17 heavy (non-hydrogen) atoms. The molecule has 1 heterocycles. The number of aromatic nitrogens is 2. The minimum atomic E-state index is 0.351. The fourth-order valence-electron chi connectivity index (χ4n) is 1.22. The van der Waals surface area contributed by atoms with Crippen molar-refractivity contribution >= 4 is 51.7 Å². The molecule has 2 rings (SSSR count). The van der Waals surface area contributed by atoms with Crippen molar-refractivity contribution in [2.75, 3.05) is 17.2 Å². The van der Waals surface area contributed by atoms with Gasteiger partial charge in [-0.05, 0) is 52.6 Å². The summed E-state index contributed by atoms with van der Waals surface area (Å²) in [5.74, 6) is 0.702. The van der Waals surface area contributed by atoms with Gasteiger partial charge in [-0.15, -0.1) is 0 Å². The van der Waals surface area contributed by atoms with Crippen LogP contribution in [0.15, 0.2) is 34.3 Å². The predicted molar refractivity (Wildman–Crippen MR) is 78.6 cm³/mol. The number of nitrogen functional groups attached to an aromatic ring is 3. The molecule has 6 N–H and O–H groups in total. The van der Waals surface area contributed by atoms with Gasteiger partial charge >= 0.3 is 0 Å². The topological polar surface area (TPSA) is 104 Å². The summed E-state index contributed by atoms with van der Waals surface area (Å²) < 4.78 is 1.08.